The van der Waals surface area contributed by atoms with Gasteiger partial charge in [-0.1, -0.05) is 61.2 Å². The van der Waals surface area contributed by atoms with Gasteiger partial charge >= 0.3 is 0 Å². The lowest BCUT2D eigenvalue weighted by atomic mass is 10.1. The predicted molar refractivity (Wildman–Crippen MR) is 149 cm³/mol. The summed E-state index contributed by atoms with van der Waals surface area (Å²) in [6.07, 6.45) is 0.699. The maximum absolute atomic E-state index is 6.42. The fourth-order valence-electron chi connectivity index (χ4n) is 3.97. The summed E-state index contributed by atoms with van der Waals surface area (Å²) < 4.78 is 12.5. The molecule has 5 nitrogen and oxygen atoms in total. The summed E-state index contributed by atoms with van der Waals surface area (Å²) in [6, 6.07) is 15.6. The van der Waals surface area contributed by atoms with Gasteiger partial charge in [0.1, 0.15) is 11.9 Å². The third-order valence-corrected chi connectivity index (χ3v) is 9.03. The second-order valence-electron chi connectivity index (χ2n) is 10.5. The number of aromatic nitrogens is 2. The highest BCUT2D eigenvalue weighted by Crippen LogP contribution is 2.47. The highest BCUT2D eigenvalue weighted by atomic mass is 35.5. The molecule has 1 aliphatic rings. The first-order valence-corrected chi connectivity index (χ1v) is 17.1. The normalized spacial score (nSPS) is 13.8. The lowest BCUT2D eigenvalue weighted by Crippen LogP contribution is -2.23. The van der Waals surface area contributed by atoms with E-state index in [-0.39, 0.29) is 6.10 Å². The summed E-state index contributed by atoms with van der Waals surface area (Å²) in [5, 5.41) is 0.706. The first kappa shape index (κ1) is 26.4. The van der Waals surface area contributed by atoms with Gasteiger partial charge in [0, 0.05) is 47.2 Å². The van der Waals surface area contributed by atoms with Gasteiger partial charge in [-0.25, -0.2) is 4.98 Å². The van der Waals surface area contributed by atoms with Crippen LogP contribution in [0.1, 0.15) is 18.3 Å². The number of H-pyrrole nitrogens is 1. The summed E-state index contributed by atoms with van der Waals surface area (Å²) in [5.41, 5.74) is 4.11. The third kappa shape index (κ3) is 6.99. The predicted octanol–water partition coefficient (Wildman–Crippen LogP) is 7.23. The van der Waals surface area contributed by atoms with E-state index < -0.39 is 8.07 Å². The minimum atomic E-state index is -1.16. The molecule has 0 spiro atoms. The van der Waals surface area contributed by atoms with Gasteiger partial charge in [0.15, 0.2) is 0 Å². The van der Waals surface area contributed by atoms with E-state index in [1.54, 1.807) is 11.8 Å². The van der Waals surface area contributed by atoms with E-state index in [9.17, 15) is 0 Å². The van der Waals surface area contributed by atoms with Crippen molar-refractivity contribution in [3.05, 3.63) is 53.3 Å². The van der Waals surface area contributed by atoms with Crippen molar-refractivity contribution in [3.63, 3.8) is 0 Å². The Kier molecular flexibility index (Phi) is 8.79. The first-order chi connectivity index (χ1) is 16.7. The van der Waals surface area contributed by atoms with E-state index >= 15 is 0 Å². The number of imidazole rings is 1. The zero-order valence-corrected chi connectivity index (χ0v) is 23.9. The third-order valence-electron chi connectivity index (χ3n) is 5.93. The molecule has 0 saturated heterocycles. The standard InChI is InChI=1S/C27H36ClN3O2SSi/c1-31(2)13-8-14-33-22(18-32-15-16-35(3,4)5)27-29-25-20-9-6-7-10-23(20)34-24-12-11-19(28)17-21(24)26(25)30-27/h6-7,9-12,17,22H,8,13-16,18H2,1-5H3,(H,29,30). The van der Waals surface area contributed by atoms with Crippen LogP contribution in [0, 0.1) is 0 Å². The Labute approximate surface area is 219 Å². The van der Waals surface area contributed by atoms with Crippen molar-refractivity contribution in [2.75, 3.05) is 40.5 Å². The second kappa shape index (κ2) is 11.6. The molecule has 1 unspecified atom stereocenters. The van der Waals surface area contributed by atoms with Gasteiger partial charge in [0.25, 0.3) is 0 Å². The molecule has 0 aliphatic carbocycles. The van der Waals surface area contributed by atoms with Gasteiger partial charge in [-0.15, -0.1) is 0 Å². The van der Waals surface area contributed by atoms with Crippen LogP contribution in [0.4, 0.5) is 0 Å². The molecular formula is C27H36ClN3O2SSi. The lowest BCUT2D eigenvalue weighted by molar-refractivity contribution is -0.0212. The van der Waals surface area contributed by atoms with Crippen LogP contribution in [0.5, 0.6) is 0 Å². The molecule has 1 aliphatic heterocycles. The van der Waals surface area contributed by atoms with Crippen molar-refractivity contribution < 1.29 is 9.47 Å². The molecule has 0 amide bonds. The zero-order chi connectivity index (χ0) is 25.0. The number of fused-ring (bicyclic) bond motifs is 5. The Bertz CT molecular complexity index is 1150. The number of benzene rings is 2. The molecule has 3 aromatic rings. The number of hydrogen-bond acceptors (Lipinski definition) is 5. The molecule has 1 atom stereocenters. The molecule has 1 N–H and O–H groups in total. The van der Waals surface area contributed by atoms with Crippen molar-refractivity contribution in [1.29, 1.82) is 0 Å². The lowest BCUT2D eigenvalue weighted by Gasteiger charge is -2.19. The quantitative estimate of drug-likeness (QED) is 0.164. The van der Waals surface area contributed by atoms with E-state index in [0.29, 0.717) is 18.2 Å². The number of rotatable bonds is 11. The molecule has 2 aromatic carbocycles. The Hall–Kier alpha value is -1.61. The minimum absolute atomic E-state index is 0.256. The fourth-order valence-corrected chi connectivity index (χ4v) is 5.97. The highest BCUT2D eigenvalue weighted by molar-refractivity contribution is 7.99. The maximum Gasteiger partial charge on any atom is 0.138 e. The molecule has 8 heteroatoms. The minimum Gasteiger partial charge on any atom is -0.379 e. The number of nitrogens with one attached hydrogen (secondary N) is 1. The van der Waals surface area contributed by atoms with Crippen molar-refractivity contribution in [2.24, 2.45) is 0 Å². The van der Waals surface area contributed by atoms with E-state index in [2.05, 4.69) is 74.0 Å². The number of halogens is 1. The van der Waals surface area contributed by atoms with Gasteiger partial charge in [0.2, 0.25) is 0 Å². The highest BCUT2D eigenvalue weighted by Gasteiger charge is 2.27. The van der Waals surface area contributed by atoms with Gasteiger partial charge in [0.05, 0.1) is 18.0 Å². The van der Waals surface area contributed by atoms with Crippen LogP contribution in [0.2, 0.25) is 30.7 Å². The van der Waals surface area contributed by atoms with Crippen molar-refractivity contribution in [1.82, 2.24) is 14.9 Å². The van der Waals surface area contributed by atoms with E-state index in [1.165, 1.54) is 4.90 Å². The molecule has 0 fully saturated rings. The van der Waals surface area contributed by atoms with Crippen molar-refractivity contribution in [2.45, 2.75) is 48.0 Å². The molecule has 188 valence electrons. The number of hydrogen-bond donors (Lipinski definition) is 1. The van der Waals surface area contributed by atoms with Crippen LogP contribution in [-0.4, -0.2) is 63.4 Å². The monoisotopic (exact) mass is 529 g/mol. The van der Waals surface area contributed by atoms with Gasteiger partial charge in [-0.05, 0) is 57.4 Å². The Balaban J connectivity index is 1.65. The Morgan fingerprint density at radius 3 is 2.60 bits per heavy atom. The van der Waals surface area contributed by atoms with E-state index in [1.807, 2.05) is 12.1 Å². The molecule has 0 saturated carbocycles. The van der Waals surface area contributed by atoms with Crippen LogP contribution in [0.15, 0.2) is 52.3 Å². The van der Waals surface area contributed by atoms with Gasteiger partial charge < -0.3 is 19.4 Å². The van der Waals surface area contributed by atoms with Crippen LogP contribution in [0.25, 0.3) is 22.5 Å². The average Bonchev–Trinajstić information content (AvgIpc) is 3.18. The van der Waals surface area contributed by atoms with Crippen LogP contribution in [0.3, 0.4) is 0 Å². The summed E-state index contributed by atoms with van der Waals surface area (Å²) in [5.74, 6) is 0.806. The van der Waals surface area contributed by atoms with Crippen molar-refractivity contribution >= 4 is 31.4 Å². The molecular weight excluding hydrogens is 494 g/mol. The number of aromatic amines is 1. The Morgan fingerprint density at radius 2 is 1.83 bits per heavy atom. The summed E-state index contributed by atoms with van der Waals surface area (Å²) >= 11 is 8.17. The number of nitrogens with zero attached hydrogens (tertiary/aromatic N) is 2. The molecule has 0 radical (unpaired) electrons. The SMILES string of the molecule is CN(C)CCCOC(COCC[Si](C)(C)C)c1nc2c([nH]1)-c1ccccc1Sc1ccc(Cl)cc1-2. The second-order valence-corrected chi connectivity index (χ2v) is 17.6. The first-order valence-electron chi connectivity index (χ1n) is 12.2. The van der Waals surface area contributed by atoms with Gasteiger partial charge in [-0.2, -0.15) is 0 Å². The number of ether oxygens (including phenoxy) is 2. The average molecular weight is 530 g/mol. The van der Waals surface area contributed by atoms with Gasteiger partial charge in [-0.3, -0.25) is 0 Å². The summed E-state index contributed by atoms with van der Waals surface area (Å²) in [7, 11) is 3.00. The van der Waals surface area contributed by atoms with Crippen molar-refractivity contribution in [3.8, 4) is 22.5 Å². The largest absolute Gasteiger partial charge is 0.379 e. The maximum atomic E-state index is 6.42. The van der Waals surface area contributed by atoms with E-state index in [0.717, 1.165) is 58.9 Å². The van der Waals surface area contributed by atoms with E-state index in [4.69, 9.17) is 26.1 Å². The fraction of sp³-hybridized carbons (Fsp3) is 0.444. The topological polar surface area (TPSA) is 50.4 Å². The van der Waals surface area contributed by atoms with Crippen LogP contribution < -0.4 is 0 Å². The summed E-state index contributed by atoms with van der Waals surface area (Å²) in [4.78, 5) is 13.2. The molecule has 4 rings (SSSR count). The molecule has 1 aromatic heterocycles. The smallest absolute Gasteiger partial charge is 0.138 e. The van der Waals surface area contributed by atoms with Crippen LogP contribution in [-0.2, 0) is 9.47 Å². The molecule has 2 heterocycles. The van der Waals surface area contributed by atoms with Crippen LogP contribution >= 0.6 is 23.4 Å². The Morgan fingerprint density at radius 1 is 1.06 bits per heavy atom. The molecule has 0 bridgehead atoms. The molecule has 35 heavy (non-hydrogen) atoms. The summed E-state index contributed by atoms with van der Waals surface area (Å²) in [6.45, 7) is 9.98. The zero-order valence-electron chi connectivity index (χ0n) is 21.4.